The van der Waals surface area contributed by atoms with Gasteiger partial charge in [0.25, 0.3) is 5.92 Å². The maximum absolute atomic E-state index is 13.3. The van der Waals surface area contributed by atoms with Gasteiger partial charge in [0.2, 0.25) is 0 Å². The van der Waals surface area contributed by atoms with Crippen molar-refractivity contribution >= 4 is 6.09 Å². The van der Waals surface area contributed by atoms with E-state index in [0.717, 1.165) is 10.5 Å². The largest absolute Gasteiger partial charge is 0.445 e. The Kier molecular flexibility index (Phi) is 3.99. The van der Waals surface area contributed by atoms with Gasteiger partial charge >= 0.3 is 6.09 Å². The fourth-order valence-electron chi connectivity index (χ4n) is 2.09. The van der Waals surface area contributed by atoms with Gasteiger partial charge in [0.1, 0.15) is 6.61 Å². The Bertz CT molecular complexity index is 440. The van der Waals surface area contributed by atoms with Gasteiger partial charge in [0, 0.05) is 19.0 Å². The minimum absolute atomic E-state index is 0.0665. The van der Waals surface area contributed by atoms with Crippen LogP contribution in [0.4, 0.5) is 13.6 Å². The first-order valence-corrected chi connectivity index (χ1v) is 6.05. The van der Waals surface area contributed by atoms with Crippen LogP contribution < -0.4 is 5.73 Å². The first kappa shape index (κ1) is 13.7. The maximum Gasteiger partial charge on any atom is 0.410 e. The van der Waals surface area contributed by atoms with Crippen molar-refractivity contribution in [3.05, 3.63) is 35.9 Å². The molecular weight excluding hydrogens is 254 g/mol. The van der Waals surface area contributed by atoms with Gasteiger partial charge in [-0.15, -0.1) is 0 Å². The third-order valence-corrected chi connectivity index (χ3v) is 2.90. The smallest absolute Gasteiger partial charge is 0.410 e. The number of hydrogen-bond donors (Lipinski definition) is 1. The highest BCUT2D eigenvalue weighted by Gasteiger charge is 2.41. The minimum Gasteiger partial charge on any atom is -0.445 e. The molecule has 0 aromatic heterocycles. The summed E-state index contributed by atoms with van der Waals surface area (Å²) in [4.78, 5) is 12.7. The Labute approximate surface area is 110 Å². The third-order valence-electron chi connectivity index (χ3n) is 2.90. The number of nitrogens with zero attached hydrogens (tertiary/aromatic N) is 1. The van der Waals surface area contributed by atoms with Crippen LogP contribution >= 0.6 is 0 Å². The van der Waals surface area contributed by atoms with Crippen molar-refractivity contribution in [1.82, 2.24) is 4.90 Å². The molecule has 1 saturated heterocycles. The Morgan fingerprint density at radius 2 is 2.11 bits per heavy atom. The number of piperidine rings is 1. The summed E-state index contributed by atoms with van der Waals surface area (Å²) in [6.45, 7) is -0.464. The Balaban J connectivity index is 1.89. The molecule has 0 saturated carbocycles. The van der Waals surface area contributed by atoms with Crippen LogP contribution in [0.25, 0.3) is 0 Å². The number of carbonyl (C=O) groups excluding carboxylic acids is 1. The molecule has 4 nitrogen and oxygen atoms in total. The molecule has 1 aromatic carbocycles. The molecule has 1 fully saturated rings. The summed E-state index contributed by atoms with van der Waals surface area (Å²) in [6, 6.07) is 8.35. The van der Waals surface area contributed by atoms with Crippen LogP contribution in [0.15, 0.2) is 30.3 Å². The lowest BCUT2D eigenvalue weighted by atomic mass is 10.0. The van der Waals surface area contributed by atoms with E-state index in [0.29, 0.717) is 0 Å². The van der Waals surface area contributed by atoms with E-state index in [-0.39, 0.29) is 13.2 Å². The average Bonchev–Trinajstić information content (AvgIpc) is 2.34. The highest BCUT2D eigenvalue weighted by molar-refractivity contribution is 5.68. The second kappa shape index (κ2) is 5.52. The van der Waals surface area contributed by atoms with Crippen molar-refractivity contribution in [2.24, 2.45) is 5.73 Å². The van der Waals surface area contributed by atoms with Crippen molar-refractivity contribution in [3.8, 4) is 0 Å². The van der Waals surface area contributed by atoms with Gasteiger partial charge in [-0.2, -0.15) is 0 Å². The van der Waals surface area contributed by atoms with Crippen molar-refractivity contribution in [1.29, 1.82) is 0 Å². The highest BCUT2D eigenvalue weighted by atomic mass is 19.3. The molecule has 0 bridgehead atoms. The number of hydrogen-bond acceptors (Lipinski definition) is 3. The van der Waals surface area contributed by atoms with Crippen LogP contribution in [-0.2, 0) is 11.3 Å². The SMILES string of the molecule is N[C@@H]1CN(C(=O)OCc2ccccc2)CC(F)(F)C1. The molecule has 2 N–H and O–H groups in total. The molecule has 6 heteroatoms. The minimum atomic E-state index is -2.94. The fraction of sp³-hybridized carbons (Fsp3) is 0.462. The van der Waals surface area contributed by atoms with Crippen LogP contribution in [0.2, 0.25) is 0 Å². The van der Waals surface area contributed by atoms with E-state index in [4.69, 9.17) is 10.5 Å². The monoisotopic (exact) mass is 270 g/mol. The van der Waals surface area contributed by atoms with Gasteiger partial charge in [-0.3, -0.25) is 0 Å². The second-order valence-corrected chi connectivity index (χ2v) is 4.74. The van der Waals surface area contributed by atoms with E-state index < -0.39 is 31.0 Å². The molecular formula is C13H16F2N2O2. The van der Waals surface area contributed by atoms with Crippen molar-refractivity contribution < 1.29 is 18.3 Å². The quantitative estimate of drug-likeness (QED) is 0.894. The van der Waals surface area contributed by atoms with Gasteiger partial charge in [0.05, 0.1) is 6.54 Å². The number of benzene rings is 1. The molecule has 1 aliphatic rings. The molecule has 104 valence electrons. The van der Waals surface area contributed by atoms with Crippen LogP contribution in [0.5, 0.6) is 0 Å². The number of nitrogens with two attached hydrogens (primary N) is 1. The molecule has 1 aromatic rings. The number of carbonyl (C=O) groups is 1. The molecule has 1 atom stereocenters. The topological polar surface area (TPSA) is 55.6 Å². The maximum atomic E-state index is 13.3. The normalized spacial score (nSPS) is 22.1. The predicted octanol–water partition coefficient (Wildman–Crippen LogP) is 1.99. The zero-order valence-electron chi connectivity index (χ0n) is 10.4. The van der Waals surface area contributed by atoms with Gasteiger partial charge in [0.15, 0.2) is 0 Å². The molecule has 0 spiro atoms. The lowest BCUT2D eigenvalue weighted by Gasteiger charge is -2.35. The van der Waals surface area contributed by atoms with Crippen LogP contribution in [0.3, 0.4) is 0 Å². The lowest BCUT2D eigenvalue weighted by Crippen LogP contribution is -2.54. The van der Waals surface area contributed by atoms with E-state index in [2.05, 4.69) is 0 Å². The first-order chi connectivity index (χ1) is 8.96. The average molecular weight is 270 g/mol. The molecule has 0 unspecified atom stereocenters. The Morgan fingerprint density at radius 3 is 2.74 bits per heavy atom. The van der Waals surface area contributed by atoms with E-state index in [1.807, 2.05) is 18.2 Å². The van der Waals surface area contributed by atoms with Crippen molar-refractivity contribution in [2.45, 2.75) is 25.0 Å². The molecule has 0 radical (unpaired) electrons. The molecule has 1 heterocycles. The third kappa shape index (κ3) is 3.89. The van der Waals surface area contributed by atoms with E-state index in [1.165, 1.54) is 0 Å². The standard InChI is InChI=1S/C13H16F2N2O2/c14-13(15)6-11(16)7-17(9-13)12(18)19-8-10-4-2-1-3-5-10/h1-5,11H,6-9,16H2/t11-/m0/s1. The molecule has 0 aliphatic carbocycles. The Hall–Kier alpha value is -1.69. The summed E-state index contributed by atoms with van der Waals surface area (Å²) in [7, 11) is 0. The lowest BCUT2D eigenvalue weighted by molar-refractivity contribution is -0.0672. The van der Waals surface area contributed by atoms with E-state index in [9.17, 15) is 13.6 Å². The number of alkyl halides is 2. The van der Waals surface area contributed by atoms with Crippen molar-refractivity contribution in [3.63, 3.8) is 0 Å². The first-order valence-electron chi connectivity index (χ1n) is 6.05. The fourth-order valence-corrected chi connectivity index (χ4v) is 2.09. The second-order valence-electron chi connectivity index (χ2n) is 4.74. The summed E-state index contributed by atoms with van der Waals surface area (Å²) < 4.78 is 31.6. The van der Waals surface area contributed by atoms with Gasteiger partial charge < -0.3 is 15.4 Å². The van der Waals surface area contributed by atoms with Crippen LogP contribution in [0, 0.1) is 0 Å². The number of rotatable bonds is 2. The van der Waals surface area contributed by atoms with Crippen LogP contribution in [-0.4, -0.2) is 36.0 Å². The molecule has 2 rings (SSSR count). The molecule has 1 aliphatic heterocycles. The number of likely N-dealkylation sites (tertiary alicyclic amines) is 1. The van der Waals surface area contributed by atoms with E-state index >= 15 is 0 Å². The van der Waals surface area contributed by atoms with Gasteiger partial charge in [-0.05, 0) is 5.56 Å². The number of ether oxygens (including phenoxy) is 1. The Morgan fingerprint density at radius 1 is 1.42 bits per heavy atom. The summed E-state index contributed by atoms with van der Waals surface area (Å²) in [5.41, 5.74) is 6.33. The summed E-state index contributed by atoms with van der Waals surface area (Å²) in [5, 5.41) is 0. The molecule has 1 amide bonds. The highest BCUT2D eigenvalue weighted by Crippen LogP contribution is 2.26. The van der Waals surface area contributed by atoms with Gasteiger partial charge in [-0.25, -0.2) is 13.6 Å². The zero-order chi connectivity index (χ0) is 13.9. The number of amides is 1. The summed E-state index contributed by atoms with van der Waals surface area (Å²) >= 11 is 0. The predicted molar refractivity (Wildman–Crippen MR) is 65.7 cm³/mol. The molecule has 19 heavy (non-hydrogen) atoms. The summed E-state index contributed by atoms with van der Waals surface area (Å²) in [5.74, 6) is -2.94. The van der Waals surface area contributed by atoms with Gasteiger partial charge in [-0.1, -0.05) is 30.3 Å². The van der Waals surface area contributed by atoms with Crippen LogP contribution in [0.1, 0.15) is 12.0 Å². The summed E-state index contributed by atoms with van der Waals surface area (Å²) in [6.07, 6.45) is -1.14. The number of halogens is 2. The zero-order valence-corrected chi connectivity index (χ0v) is 10.4. The van der Waals surface area contributed by atoms with Crippen molar-refractivity contribution in [2.75, 3.05) is 13.1 Å². The van der Waals surface area contributed by atoms with E-state index in [1.54, 1.807) is 12.1 Å².